The number of benzene rings is 2. The Kier molecular flexibility index (Phi) is 5.24. The van der Waals surface area contributed by atoms with Crippen LogP contribution in [0.15, 0.2) is 47.8 Å². The summed E-state index contributed by atoms with van der Waals surface area (Å²) in [7, 11) is 1.45. The third kappa shape index (κ3) is 3.99. The van der Waals surface area contributed by atoms with Crippen LogP contribution < -0.4 is 4.74 Å². The molecule has 0 radical (unpaired) electrons. The average Bonchev–Trinajstić information content (AvgIpc) is 3.16. The SMILES string of the molecule is COc1ccc([N+](=O)[O-])cc1/C=C(\C#N)c1nc(-c2ccc(F)cc2)cs1. The predicted molar refractivity (Wildman–Crippen MR) is 101 cm³/mol. The molecule has 2 aromatic carbocycles. The van der Waals surface area contributed by atoms with Crippen molar-refractivity contribution in [3.05, 3.63) is 74.3 Å². The van der Waals surface area contributed by atoms with Crippen LogP contribution in [0.3, 0.4) is 0 Å². The Hall–Kier alpha value is -3.57. The molecule has 0 aliphatic carbocycles. The number of aromatic nitrogens is 1. The highest BCUT2D eigenvalue weighted by molar-refractivity contribution is 7.11. The molecule has 0 unspecified atom stereocenters. The number of thiazole rings is 1. The topological polar surface area (TPSA) is 89.0 Å². The molecular weight excluding hydrogens is 369 g/mol. The number of rotatable bonds is 5. The van der Waals surface area contributed by atoms with Gasteiger partial charge < -0.3 is 4.74 Å². The minimum absolute atomic E-state index is 0.106. The molecule has 8 heteroatoms. The zero-order chi connectivity index (χ0) is 19.4. The molecule has 134 valence electrons. The van der Waals surface area contributed by atoms with Crippen molar-refractivity contribution in [1.82, 2.24) is 4.98 Å². The van der Waals surface area contributed by atoms with Crippen molar-refractivity contribution in [2.45, 2.75) is 0 Å². The van der Waals surface area contributed by atoms with E-state index in [2.05, 4.69) is 11.1 Å². The molecule has 0 aliphatic rings. The van der Waals surface area contributed by atoms with Gasteiger partial charge in [-0.3, -0.25) is 10.1 Å². The molecule has 1 heterocycles. The van der Waals surface area contributed by atoms with Crippen molar-refractivity contribution in [2.24, 2.45) is 0 Å². The van der Waals surface area contributed by atoms with Gasteiger partial charge in [0.15, 0.2) is 0 Å². The van der Waals surface area contributed by atoms with Crippen LogP contribution in [0, 0.1) is 27.3 Å². The van der Waals surface area contributed by atoms with Gasteiger partial charge in [-0.1, -0.05) is 0 Å². The number of nitro benzene ring substituents is 1. The fourth-order valence-electron chi connectivity index (χ4n) is 2.40. The van der Waals surface area contributed by atoms with E-state index >= 15 is 0 Å². The lowest BCUT2D eigenvalue weighted by atomic mass is 10.1. The number of nitriles is 1. The first-order valence-electron chi connectivity index (χ1n) is 7.68. The maximum atomic E-state index is 13.1. The van der Waals surface area contributed by atoms with E-state index in [4.69, 9.17) is 4.74 Å². The van der Waals surface area contributed by atoms with E-state index in [1.165, 1.54) is 54.9 Å². The van der Waals surface area contributed by atoms with Crippen LogP contribution in [0.5, 0.6) is 5.75 Å². The van der Waals surface area contributed by atoms with Crippen LogP contribution in [0.1, 0.15) is 10.6 Å². The van der Waals surface area contributed by atoms with Crippen molar-refractivity contribution in [3.8, 4) is 23.1 Å². The summed E-state index contributed by atoms with van der Waals surface area (Å²) in [4.78, 5) is 14.9. The van der Waals surface area contributed by atoms with Crippen LogP contribution in [0.4, 0.5) is 10.1 Å². The summed E-state index contributed by atoms with van der Waals surface area (Å²) >= 11 is 1.25. The first-order chi connectivity index (χ1) is 13.0. The fourth-order valence-corrected chi connectivity index (χ4v) is 3.19. The largest absolute Gasteiger partial charge is 0.496 e. The van der Waals surface area contributed by atoms with E-state index in [9.17, 15) is 19.8 Å². The molecule has 0 saturated heterocycles. The lowest BCUT2D eigenvalue weighted by Gasteiger charge is -2.05. The predicted octanol–water partition coefficient (Wildman–Crippen LogP) is 4.93. The van der Waals surface area contributed by atoms with Crippen molar-refractivity contribution in [3.63, 3.8) is 0 Å². The number of ether oxygens (including phenoxy) is 1. The number of methoxy groups -OCH3 is 1. The highest BCUT2D eigenvalue weighted by Gasteiger charge is 2.14. The third-order valence-electron chi connectivity index (χ3n) is 3.72. The summed E-state index contributed by atoms with van der Waals surface area (Å²) in [5, 5.41) is 22.7. The molecule has 3 aromatic rings. The van der Waals surface area contributed by atoms with Crippen LogP contribution >= 0.6 is 11.3 Å². The normalized spacial score (nSPS) is 11.1. The Bertz CT molecular complexity index is 1070. The van der Waals surface area contributed by atoms with Gasteiger partial charge >= 0.3 is 0 Å². The molecular formula is C19H12FN3O3S. The maximum absolute atomic E-state index is 13.1. The number of halogens is 1. The highest BCUT2D eigenvalue weighted by Crippen LogP contribution is 2.31. The van der Waals surface area contributed by atoms with Crippen molar-refractivity contribution in [2.75, 3.05) is 7.11 Å². The van der Waals surface area contributed by atoms with Gasteiger partial charge in [0, 0.05) is 28.6 Å². The van der Waals surface area contributed by atoms with E-state index in [0.29, 0.717) is 22.0 Å². The van der Waals surface area contributed by atoms with Crippen molar-refractivity contribution < 1.29 is 14.1 Å². The molecule has 0 amide bonds. The summed E-state index contributed by atoms with van der Waals surface area (Å²) < 4.78 is 18.3. The molecule has 0 bridgehead atoms. The lowest BCUT2D eigenvalue weighted by Crippen LogP contribution is -1.92. The van der Waals surface area contributed by atoms with E-state index in [-0.39, 0.29) is 17.1 Å². The maximum Gasteiger partial charge on any atom is 0.270 e. The van der Waals surface area contributed by atoms with E-state index < -0.39 is 4.92 Å². The summed E-state index contributed by atoms with van der Waals surface area (Å²) in [6.07, 6.45) is 1.50. The second kappa shape index (κ2) is 7.76. The number of hydrogen-bond acceptors (Lipinski definition) is 6. The number of non-ortho nitro benzene ring substituents is 1. The monoisotopic (exact) mass is 381 g/mol. The minimum atomic E-state index is -0.515. The van der Waals surface area contributed by atoms with Gasteiger partial charge in [0.1, 0.15) is 22.6 Å². The van der Waals surface area contributed by atoms with Crippen LogP contribution in [-0.2, 0) is 0 Å². The first kappa shape index (κ1) is 18.2. The quantitative estimate of drug-likeness (QED) is 0.355. The van der Waals surface area contributed by atoms with Crippen molar-refractivity contribution >= 4 is 28.7 Å². The Morgan fingerprint density at radius 2 is 2.07 bits per heavy atom. The summed E-state index contributed by atoms with van der Waals surface area (Å²) in [5.41, 5.74) is 1.88. The Labute approximate surface area is 158 Å². The number of allylic oxidation sites excluding steroid dienone is 1. The van der Waals surface area contributed by atoms with Gasteiger partial charge in [-0.25, -0.2) is 9.37 Å². The van der Waals surface area contributed by atoms with Gasteiger partial charge in [0.05, 0.1) is 23.3 Å². The Balaban J connectivity index is 2.01. The molecule has 27 heavy (non-hydrogen) atoms. The van der Waals surface area contributed by atoms with Gasteiger partial charge in [-0.2, -0.15) is 5.26 Å². The first-order valence-corrected chi connectivity index (χ1v) is 8.56. The molecule has 0 aliphatic heterocycles. The minimum Gasteiger partial charge on any atom is -0.496 e. The van der Waals surface area contributed by atoms with Crippen LogP contribution in [0.2, 0.25) is 0 Å². The Morgan fingerprint density at radius 3 is 2.70 bits per heavy atom. The molecule has 0 N–H and O–H groups in total. The zero-order valence-corrected chi connectivity index (χ0v) is 14.9. The third-order valence-corrected chi connectivity index (χ3v) is 4.59. The molecule has 1 aromatic heterocycles. The smallest absolute Gasteiger partial charge is 0.270 e. The van der Waals surface area contributed by atoms with Gasteiger partial charge in [-0.15, -0.1) is 11.3 Å². The second-order valence-corrected chi connectivity index (χ2v) is 6.26. The standard InChI is InChI=1S/C19H12FN3O3S/c1-26-18-7-6-16(23(24)25)9-13(18)8-14(10-21)19-22-17(11-27-19)12-2-4-15(20)5-3-12/h2-9,11H,1H3/b14-8+. The van der Waals surface area contributed by atoms with Gasteiger partial charge in [-0.05, 0) is 36.4 Å². The fraction of sp³-hybridized carbons (Fsp3) is 0.0526. The summed E-state index contributed by atoms with van der Waals surface area (Å²) in [6.45, 7) is 0. The summed E-state index contributed by atoms with van der Waals surface area (Å²) in [5.74, 6) is 0.0632. The highest BCUT2D eigenvalue weighted by atomic mass is 32.1. The molecule has 6 nitrogen and oxygen atoms in total. The molecule has 0 spiro atoms. The Morgan fingerprint density at radius 1 is 1.33 bits per heavy atom. The average molecular weight is 381 g/mol. The van der Waals surface area contributed by atoms with Crippen LogP contribution in [-0.4, -0.2) is 17.0 Å². The zero-order valence-electron chi connectivity index (χ0n) is 14.0. The second-order valence-electron chi connectivity index (χ2n) is 5.40. The van der Waals surface area contributed by atoms with Crippen molar-refractivity contribution in [1.29, 1.82) is 5.26 Å². The number of hydrogen-bond donors (Lipinski definition) is 0. The molecule has 0 saturated carbocycles. The van der Waals surface area contributed by atoms with E-state index in [0.717, 1.165) is 5.56 Å². The van der Waals surface area contributed by atoms with Gasteiger partial charge in [0.2, 0.25) is 0 Å². The molecule has 0 fully saturated rings. The lowest BCUT2D eigenvalue weighted by molar-refractivity contribution is -0.384. The molecule has 0 atom stereocenters. The number of nitro groups is 1. The van der Waals surface area contributed by atoms with Gasteiger partial charge in [0.25, 0.3) is 5.69 Å². The summed E-state index contributed by atoms with van der Waals surface area (Å²) in [6, 6.07) is 12.1. The van der Waals surface area contributed by atoms with Crippen LogP contribution in [0.25, 0.3) is 22.9 Å². The molecule has 3 rings (SSSR count). The van der Waals surface area contributed by atoms with E-state index in [1.54, 1.807) is 17.5 Å². The number of nitrogens with zero attached hydrogens (tertiary/aromatic N) is 3. The van der Waals surface area contributed by atoms with E-state index in [1.807, 2.05) is 0 Å².